The largest absolute Gasteiger partial charge is 0.469 e. The number of amides is 1. The van der Waals surface area contributed by atoms with E-state index in [4.69, 9.17) is 4.74 Å². The molecule has 0 saturated carbocycles. The molecule has 0 aliphatic carbocycles. The number of sulfonamides is 1. The van der Waals surface area contributed by atoms with Crippen LogP contribution in [0.4, 0.5) is 10.1 Å². The van der Waals surface area contributed by atoms with E-state index in [0.29, 0.717) is 25.9 Å². The molecule has 27 heavy (non-hydrogen) atoms. The average molecular weight is 400 g/mol. The lowest BCUT2D eigenvalue weighted by atomic mass is 9.96. The molecule has 150 valence electrons. The molecule has 1 atom stereocenters. The molecule has 0 bridgehead atoms. The van der Waals surface area contributed by atoms with E-state index in [1.807, 2.05) is 0 Å². The normalized spacial score (nSPS) is 16.7. The first-order valence-corrected chi connectivity index (χ1v) is 10.7. The molecule has 7 nitrogen and oxygen atoms in total. The van der Waals surface area contributed by atoms with Gasteiger partial charge in [0.1, 0.15) is 11.9 Å². The molecular weight excluding hydrogens is 375 g/mol. The Morgan fingerprint density at radius 2 is 1.89 bits per heavy atom. The van der Waals surface area contributed by atoms with Crippen molar-refractivity contribution in [1.29, 1.82) is 0 Å². The van der Waals surface area contributed by atoms with Gasteiger partial charge in [-0.3, -0.25) is 13.9 Å². The number of halogens is 1. The van der Waals surface area contributed by atoms with Crippen LogP contribution < -0.4 is 4.31 Å². The van der Waals surface area contributed by atoms with Crippen LogP contribution in [0.2, 0.25) is 0 Å². The molecule has 1 aromatic rings. The summed E-state index contributed by atoms with van der Waals surface area (Å²) in [4.78, 5) is 26.2. The number of piperidine rings is 1. The zero-order valence-corrected chi connectivity index (χ0v) is 16.5. The van der Waals surface area contributed by atoms with Crippen molar-refractivity contribution in [1.82, 2.24) is 4.90 Å². The number of hydrogen-bond donors (Lipinski definition) is 0. The number of carbonyl (C=O) groups excluding carboxylic acids is 2. The highest BCUT2D eigenvalue weighted by Crippen LogP contribution is 2.27. The van der Waals surface area contributed by atoms with Crippen molar-refractivity contribution in [3.05, 3.63) is 30.1 Å². The summed E-state index contributed by atoms with van der Waals surface area (Å²) in [5, 5.41) is 0. The first kappa shape index (κ1) is 21.1. The molecule has 1 amide bonds. The summed E-state index contributed by atoms with van der Waals surface area (Å²) in [5.74, 6) is -1.68. The minimum absolute atomic E-state index is 0.148. The number of likely N-dealkylation sites (tertiary alicyclic amines) is 1. The van der Waals surface area contributed by atoms with E-state index < -0.39 is 27.8 Å². The molecule has 1 aliphatic rings. The molecule has 1 saturated heterocycles. The summed E-state index contributed by atoms with van der Waals surface area (Å²) in [5.41, 5.74) is -0.148. The minimum Gasteiger partial charge on any atom is -0.469 e. The predicted molar refractivity (Wildman–Crippen MR) is 99.1 cm³/mol. The molecule has 1 heterocycles. The third-order valence-electron chi connectivity index (χ3n) is 4.74. The van der Waals surface area contributed by atoms with Gasteiger partial charge in [0.25, 0.3) is 0 Å². The third kappa shape index (κ3) is 4.77. The first-order chi connectivity index (χ1) is 12.7. The maximum Gasteiger partial charge on any atom is 0.308 e. The second kappa shape index (κ2) is 8.69. The Morgan fingerprint density at radius 3 is 2.37 bits per heavy atom. The van der Waals surface area contributed by atoms with Crippen LogP contribution in [-0.4, -0.2) is 57.7 Å². The molecule has 1 aromatic carbocycles. The number of benzene rings is 1. The third-order valence-corrected chi connectivity index (χ3v) is 5.91. The summed E-state index contributed by atoms with van der Waals surface area (Å²) < 4.78 is 44.6. The number of ether oxygens (including phenoxy) is 1. The Morgan fingerprint density at radius 1 is 1.30 bits per heavy atom. The smallest absolute Gasteiger partial charge is 0.308 e. The van der Waals surface area contributed by atoms with Gasteiger partial charge in [0.05, 0.1) is 25.0 Å². The van der Waals surface area contributed by atoms with Crippen LogP contribution in [0.15, 0.2) is 24.3 Å². The molecule has 0 unspecified atom stereocenters. The van der Waals surface area contributed by atoms with Gasteiger partial charge in [-0.1, -0.05) is 19.1 Å². The van der Waals surface area contributed by atoms with Crippen molar-refractivity contribution in [3.63, 3.8) is 0 Å². The minimum atomic E-state index is -3.89. The highest BCUT2D eigenvalue weighted by Gasteiger charge is 2.37. The zero-order chi connectivity index (χ0) is 20.2. The topological polar surface area (TPSA) is 84.0 Å². The molecule has 1 fully saturated rings. The SMILES string of the molecule is CC[C@@H](C(=O)N1CCC(C(=O)OC)CC1)N(c1ccccc1F)S(C)(=O)=O. The summed E-state index contributed by atoms with van der Waals surface area (Å²) in [6, 6.07) is 4.43. The van der Waals surface area contributed by atoms with Gasteiger partial charge in [0.15, 0.2) is 0 Å². The van der Waals surface area contributed by atoms with Crippen molar-refractivity contribution >= 4 is 27.6 Å². The number of anilines is 1. The number of nitrogens with zero attached hydrogens (tertiary/aromatic N) is 2. The molecule has 0 radical (unpaired) electrons. The fourth-order valence-corrected chi connectivity index (χ4v) is 4.57. The fraction of sp³-hybridized carbons (Fsp3) is 0.556. The lowest BCUT2D eigenvalue weighted by Gasteiger charge is -2.37. The number of methoxy groups -OCH3 is 1. The number of para-hydroxylation sites is 1. The molecule has 0 aromatic heterocycles. The van der Waals surface area contributed by atoms with Gasteiger partial charge in [0.2, 0.25) is 15.9 Å². The lowest BCUT2D eigenvalue weighted by molar-refractivity contribution is -0.149. The summed E-state index contributed by atoms with van der Waals surface area (Å²) in [7, 11) is -2.57. The van der Waals surface area contributed by atoms with Crippen LogP contribution in [0.5, 0.6) is 0 Å². The maximum atomic E-state index is 14.3. The number of carbonyl (C=O) groups is 2. The van der Waals surface area contributed by atoms with E-state index >= 15 is 0 Å². The Hall–Kier alpha value is -2.16. The van der Waals surface area contributed by atoms with Crippen molar-refractivity contribution in [3.8, 4) is 0 Å². The van der Waals surface area contributed by atoms with Crippen LogP contribution in [0.1, 0.15) is 26.2 Å². The highest BCUT2D eigenvalue weighted by atomic mass is 32.2. The van der Waals surface area contributed by atoms with Gasteiger partial charge >= 0.3 is 5.97 Å². The molecule has 1 aliphatic heterocycles. The van der Waals surface area contributed by atoms with Crippen LogP contribution in [0.25, 0.3) is 0 Å². The van der Waals surface area contributed by atoms with Gasteiger partial charge in [-0.15, -0.1) is 0 Å². The van der Waals surface area contributed by atoms with Crippen molar-refractivity contribution in [2.24, 2.45) is 5.92 Å². The Balaban J connectivity index is 2.26. The average Bonchev–Trinajstić information content (AvgIpc) is 2.65. The van der Waals surface area contributed by atoms with Crippen LogP contribution >= 0.6 is 0 Å². The maximum absolute atomic E-state index is 14.3. The van der Waals surface area contributed by atoms with Gasteiger partial charge in [-0.2, -0.15) is 0 Å². The van der Waals surface area contributed by atoms with Crippen molar-refractivity contribution in [2.75, 3.05) is 30.8 Å². The zero-order valence-electron chi connectivity index (χ0n) is 15.7. The van der Waals surface area contributed by atoms with E-state index in [1.165, 1.54) is 30.2 Å². The molecule has 2 rings (SSSR count). The summed E-state index contributed by atoms with van der Waals surface area (Å²) in [6.45, 7) is 2.33. The lowest BCUT2D eigenvalue weighted by Crippen LogP contribution is -2.53. The Labute approximate surface area is 159 Å². The highest BCUT2D eigenvalue weighted by molar-refractivity contribution is 7.92. The summed E-state index contributed by atoms with van der Waals surface area (Å²) in [6.07, 6.45) is 2.05. The van der Waals surface area contributed by atoms with E-state index in [1.54, 1.807) is 6.92 Å². The predicted octanol–water partition coefficient (Wildman–Crippen LogP) is 1.78. The van der Waals surface area contributed by atoms with E-state index in [9.17, 15) is 22.4 Å². The molecule has 9 heteroatoms. The number of esters is 1. The quantitative estimate of drug-likeness (QED) is 0.680. The van der Waals surface area contributed by atoms with E-state index in [-0.39, 0.29) is 24.0 Å². The van der Waals surface area contributed by atoms with Gasteiger partial charge in [0, 0.05) is 13.1 Å². The monoisotopic (exact) mass is 400 g/mol. The van der Waals surface area contributed by atoms with E-state index in [2.05, 4.69) is 0 Å². The number of hydrogen-bond acceptors (Lipinski definition) is 5. The van der Waals surface area contributed by atoms with Crippen LogP contribution in [0.3, 0.4) is 0 Å². The van der Waals surface area contributed by atoms with Crippen molar-refractivity contribution < 1.29 is 27.1 Å². The molecule has 0 N–H and O–H groups in total. The van der Waals surface area contributed by atoms with E-state index in [0.717, 1.165) is 16.6 Å². The van der Waals surface area contributed by atoms with Gasteiger partial charge < -0.3 is 9.64 Å². The first-order valence-electron chi connectivity index (χ1n) is 8.81. The van der Waals surface area contributed by atoms with Gasteiger partial charge in [-0.25, -0.2) is 12.8 Å². The standard InChI is InChI=1S/C18H25FN2O5S/c1-4-15(17(22)20-11-9-13(10-12-20)18(23)26-2)21(27(3,24)25)16-8-6-5-7-14(16)19/h5-8,13,15H,4,9-12H2,1-3H3/t15-/m0/s1. The second-order valence-electron chi connectivity index (χ2n) is 6.56. The molecule has 0 spiro atoms. The van der Waals surface area contributed by atoms with Crippen molar-refractivity contribution in [2.45, 2.75) is 32.2 Å². The molecular formula is C18H25FN2O5S. The second-order valence-corrected chi connectivity index (χ2v) is 8.42. The Bertz CT molecular complexity index is 791. The van der Waals surface area contributed by atoms with Crippen LogP contribution in [-0.2, 0) is 24.3 Å². The fourth-order valence-electron chi connectivity index (χ4n) is 3.36. The summed E-state index contributed by atoms with van der Waals surface area (Å²) >= 11 is 0. The Kier molecular flexibility index (Phi) is 6.80. The van der Waals surface area contributed by atoms with Crippen LogP contribution in [0, 0.1) is 11.7 Å². The number of rotatable bonds is 6. The van der Waals surface area contributed by atoms with Gasteiger partial charge in [-0.05, 0) is 31.4 Å².